The highest BCUT2D eigenvalue weighted by Gasteiger charge is 2.42. The first-order chi connectivity index (χ1) is 14.3. The number of nitrogens with zero attached hydrogens (tertiary/aromatic N) is 3. The van der Waals surface area contributed by atoms with Crippen molar-refractivity contribution >= 4 is 6.29 Å². The zero-order chi connectivity index (χ0) is 21.9. The third kappa shape index (κ3) is 4.09. The van der Waals surface area contributed by atoms with Gasteiger partial charge in [0.1, 0.15) is 12.1 Å². The molecule has 2 unspecified atom stereocenters. The third-order valence-corrected chi connectivity index (χ3v) is 6.21. The Morgan fingerprint density at radius 1 is 1.50 bits per heavy atom. The number of imidazole rings is 1. The minimum Gasteiger partial charge on any atom is -0.403 e. The van der Waals surface area contributed by atoms with Crippen molar-refractivity contribution in [3.05, 3.63) is 71.0 Å². The topological polar surface area (TPSA) is 84.7 Å². The van der Waals surface area contributed by atoms with Gasteiger partial charge in [-0.25, -0.2) is 4.98 Å². The molecule has 0 saturated heterocycles. The molecule has 1 aliphatic carbocycles. The number of rotatable bonds is 7. The van der Waals surface area contributed by atoms with Gasteiger partial charge in [0.05, 0.1) is 11.8 Å². The Balaban J connectivity index is 2.11. The van der Waals surface area contributed by atoms with Crippen LogP contribution in [0.2, 0.25) is 0 Å². The van der Waals surface area contributed by atoms with Crippen molar-refractivity contribution < 1.29 is 4.79 Å². The molecule has 1 aromatic carbocycles. The van der Waals surface area contributed by atoms with E-state index in [9.17, 15) is 10.1 Å². The number of nitrogens with two attached hydrogens (primary N) is 1. The SMILES string of the molecule is C=C(N)CCc1cccc(-n2c(C)nc3c2CCC(CC=O)C3(C)/C=C(\C)C#N)c1. The van der Waals surface area contributed by atoms with Crippen LogP contribution in [0, 0.1) is 24.2 Å². The van der Waals surface area contributed by atoms with Gasteiger partial charge in [0, 0.05) is 34.5 Å². The number of carbonyl (C=O) groups is 1. The molecule has 0 amide bonds. The average molecular weight is 403 g/mol. The summed E-state index contributed by atoms with van der Waals surface area (Å²) in [5.41, 5.74) is 11.1. The zero-order valence-corrected chi connectivity index (χ0v) is 18.1. The molecule has 5 nitrogen and oxygen atoms in total. The van der Waals surface area contributed by atoms with Gasteiger partial charge >= 0.3 is 0 Å². The van der Waals surface area contributed by atoms with Crippen LogP contribution in [-0.4, -0.2) is 15.8 Å². The van der Waals surface area contributed by atoms with Gasteiger partial charge in [-0.2, -0.15) is 5.26 Å². The lowest BCUT2D eigenvalue weighted by molar-refractivity contribution is -0.109. The first-order valence-electron chi connectivity index (χ1n) is 10.4. The Labute approximate surface area is 178 Å². The quantitative estimate of drug-likeness (QED) is 0.547. The molecule has 0 fully saturated rings. The maximum absolute atomic E-state index is 11.3. The van der Waals surface area contributed by atoms with E-state index >= 15 is 0 Å². The summed E-state index contributed by atoms with van der Waals surface area (Å²) in [7, 11) is 0. The van der Waals surface area contributed by atoms with Crippen LogP contribution in [0.3, 0.4) is 0 Å². The van der Waals surface area contributed by atoms with Crippen LogP contribution < -0.4 is 5.73 Å². The minimum absolute atomic E-state index is 0.135. The fourth-order valence-corrected chi connectivity index (χ4v) is 4.69. The van der Waals surface area contributed by atoms with Gasteiger partial charge in [-0.15, -0.1) is 0 Å². The highest BCUT2D eigenvalue weighted by atomic mass is 16.1. The smallest absolute Gasteiger partial charge is 0.120 e. The second-order valence-corrected chi connectivity index (χ2v) is 8.48. The molecule has 30 heavy (non-hydrogen) atoms. The Bertz CT molecular complexity index is 1040. The monoisotopic (exact) mass is 402 g/mol. The number of benzene rings is 1. The fourth-order valence-electron chi connectivity index (χ4n) is 4.69. The maximum atomic E-state index is 11.3. The van der Waals surface area contributed by atoms with Crippen LogP contribution in [0.5, 0.6) is 0 Å². The van der Waals surface area contributed by atoms with Crippen molar-refractivity contribution in [2.45, 2.75) is 58.3 Å². The predicted molar refractivity (Wildman–Crippen MR) is 119 cm³/mol. The average Bonchev–Trinajstić information content (AvgIpc) is 3.06. The number of hydrogen-bond acceptors (Lipinski definition) is 4. The van der Waals surface area contributed by atoms with Crippen molar-refractivity contribution in [1.29, 1.82) is 5.26 Å². The van der Waals surface area contributed by atoms with Crippen molar-refractivity contribution in [3.8, 4) is 11.8 Å². The molecular formula is C25H30N4O. The van der Waals surface area contributed by atoms with E-state index in [1.807, 2.05) is 19.9 Å². The molecule has 0 aliphatic heterocycles. The van der Waals surface area contributed by atoms with Gasteiger partial charge in [-0.05, 0) is 63.1 Å². The Kier molecular flexibility index (Phi) is 6.26. The summed E-state index contributed by atoms with van der Waals surface area (Å²) >= 11 is 0. The van der Waals surface area contributed by atoms with Crippen LogP contribution in [0.25, 0.3) is 5.69 Å². The van der Waals surface area contributed by atoms with Crippen molar-refractivity contribution in [1.82, 2.24) is 9.55 Å². The number of hydrogen-bond donors (Lipinski definition) is 1. The molecule has 156 valence electrons. The molecule has 0 radical (unpaired) electrons. The molecule has 3 rings (SSSR count). The van der Waals surface area contributed by atoms with E-state index in [0.717, 1.165) is 49.2 Å². The van der Waals surface area contributed by atoms with E-state index in [0.29, 0.717) is 17.7 Å². The molecule has 0 spiro atoms. The zero-order valence-electron chi connectivity index (χ0n) is 18.1. The summed E-state index contributed by atoms with van der Waals surface area (Å²) in [4.78, 5) is 16.3. The maximum Gasteiger partial charge on any atom is 0.120 e. The van der Waals surface area contributed by atoms with E-state index in [2.05, 4.69) is 48.4 Å². The number of fused-ring (bicyclic) bond motifs is 1. The molecular weight excluding hydrogens is 372 g/mol. The van der Waals surface area contributed by atoms with Crippen LogP contribution in [-0.2, 0) is 23.1 Å². The van der Waals surface area contributed by atoms with Crippen LogP contribution in [0.4, 0.5) is 0 Å². The van der Waals surface area contributed by atoms with E-state index in [1.54, 1.807) is 0 Å². The van der Waals surface area contributed by atoms with Crippen molar-refractivity contribution in [2.24, 2.45) is 11.7 Å². The highest BCUT2D eigenvalue weighted by Crippen LogP contribution is 2.45. The summed E-state index contributed by atoms with van der Waals surface area (Å²) in [6.45, 7) is 9.74. The van der Waals surface area contributed by atoms with E-state index < -0.39 is 5.41 Å². The molecule has 2 N–H and O–H groups in total. The van der Waals surface area contributed by atoms with Crippen molar-refractivity contribution in [3.63, 3.8) is 0 Å². The lowest BCUT2D eigenvalue weighted by Gasteiger charge is -2.38. The van der Waals surface area contributed by atoms with Crippen LogP contribution >= 0.6 is 0 Å². The van der Waals surface area contributed by atoms with E-state index in [1.165, 1.54) is 11.3 Å². The second-order valence-electron chi connectivity index (χ2n) is 8.48. The molecule has 2 atom stereocenters. The number of aldehydes is 1. The largest absolute Gasteiger partial charge is 0.403 e. The van der Waals surface area contributed by atoms with Crippen molar-refractivity contribution in [2.75, 3.05) is 0 Å². The second kappa shape index (κ2) is 8.71. The molecule has 0 saturated carbocycles. The van der Waals surface area contributed by atoms with Gasteiger partial charge in [-0.1, -0.05) is 31.7 Å². The Morgan fingerprint density at radius 2 is 2.27 bits per heavy atom. The van der Waals surface area contributed by atoms with Crippen LogP contribution in [0.15, 0.2) is 48.2 Å². The molecule has 1 heterocycles. The summed E-state index contributed by atoms with van der Waals surface area (Å²) in [6, 6.07) is 10.7. The van der Waals surface area contributed by atoms with Gasteiger partial charge < -0.3 is 15.1 Å². The summed E-state index contributed by atoms with van der Waals surface area (Å²) in [5, 5.41) is 9.37. The highest BCUT2D eigenvalue weighted by molar-refractivity contribution is 5.52. The number of allylic oxidation sites excluding steroid dienone is 3. The summed E-state index contributed by atoms with van der Waals surface area (Å²) < 4.78 is 2.22. The van der Waals surface area contributed by atoms with Crippen LogP contribution in [0.1, 0.15) is 55.9 Å². The Morgan fingerprint density at radius 3 is 2.93 bits per heavy atom. The van der Waals surface area contributed by atoms with Gasteiger partial charge in [-0.3, -0.25) is 0 Å². The fraction of sp³-hybridized carbons (Fsp3) is 0.400. The number of aryl methyl sites for hydroxylation is 2. The lowest BCUT2D eigenvalue weighted by atomic mass is 9.66. The molecule has 0 bridgehead atoms. The number of nitriles is 1. The third-order valence-electron chi connectivity index (χ3n) is 6.21. The molecule has 1 aliphatic rings. The standard InChI is InChI=1S/C25H30N4O/c1-17(16-26)15-25(4)21(12-13-30)10-11-23-24(25)28-19(3)29(23)22-7-5-6-20(14-22)9-8-18(2)27/h5-7,13-15,21H,2,8-12,27H2,1,3-4H3/b17-15+. The predicted octanol–water partition coefficient (Wildman–Crippen LogP) is 4.46. The van der Waals surface area contributed by atoms with E-state index in [4.69, 9.17) is 10.7 Å². The first kappa shape index (κ1) is 21.6. The molecule has 1 aromatic heterocycles. The minimum atomic E-state index is -0.445. The number of aromatic nitrogens is 2. The van der Waals surface area contributed by atoms with E-state index in [-0.39, 0.29) is 5.92 Å². The summed E-state index contributed by atoms with van der Waals surface area (Å²) in [5.74, 6) is 1.05. The van der Waals surface area contributed by atoms with Gasteiger partial charge in [0.2, 0.25) is 0 Å². The normalized spacial score (nSPS) is 21.0. The Hall–Kier alpha value is -3.13. The van der Waals surface area contributed by atoms with Gasteiger partial charge in [0.25, 0.3) is 0 Å². The summed E-state index contributed by atoms with van der Waals surface area (Å²) in [6.07, 6.45) is 6.80. The number of carbonyl (C=O) groups excluding carboxylic acids is 1. The first-order valence-corrected chi connectivity index (χ1v) is 10.4. The molecule has 2 aromatic rings. The lowest BCUT2D eigenvalue weighted by Crippen LogP contribution is -2.36. The molecule has 5 heteroatoms. The van der Waals surface area contributed by atoms with Gasteiger partial charge in [0.15, 0.2) is 0 Å².